The van der Waals surface area contributed by atoms with Crippen molar-refractivity contribution >= 4 is 12.0 Å². The van der Waals surface area contributed by atoms with Crippen molar-refractivity contribution in [1.29, 1.82) is 0 Å². The van der Waals surface area contributed by atoms with Gasteiger partial charge in [0, 0.05) is 20.1 Å². The third-order valence-electron chi connectivity index (χ3n) is 2.98. The summed E-state index contributed by atoms with van der Waals surface area (Å²) in [5.41, 5.74) is 0.865. The van der Waals surface area contributed by atoms with E-state index in [1.807, 2.05) is 13.0 Å². The second-order valence-electron chi connectivity index (χ2n) is 4.64. The van der Waals surface area contributed by atoms with E-state index in [0.29, 0.717) is 24.7 Å². The minimum atomic E-state index is -0.934. The first-order valence-corrected chi connectivity index (χ1v) is 6.98. The van der Waals surface area contributed by atoms with E-state index in [1.54, 1.807) is 26.3 Å². The smallest absolute Gasteiger partial charge is 0.317 e. The van der Waals surface area contributed by atoms with Crippen LogP contribution in [0.4, 0.5) is 4.79 Å². The number of nitrogens with zero attached hydrogens (tertiary/aromatic N) is 1. The maximum Gasteiger partial charge on any atom is 0.317 e. The van der Waals surface area contributed by atoms with Gasteiger partial charge in [0.15, 0.2) is 11.5 Å². The SMILES string of the molecule is CCOc1cc(CNC(=O)N(C)CCC(=O)O)ccc1OC. The van der Waals surface area contributed by atoms with E-state index in [2.05, 4.69) is 5.32 Å². The molecule has 7 nitrogen and oxygen atoms in total. The second-order valence-corrected chi connectivity index (χ2v) is 4.64. The summed E-state index contributed by atoms with van der Waals surface area (Å²) in [5, 5.41) is 11.3. The standard InChI is InChI=1S/C15H22N2O5/c1-4-22-13-9-11(5-6-12(13)21-3)10-16-15(20)17(2)8-7-14(18)19/h5-6,9H,4,7-8,10H2,1-3H3,(H,16,20)(H,18,19). The fraction of sp³-hybridized carbons (Fsp3) is 0.467. The van der Waals surface area contributed by atoms with Crippen molar-refractivity contribution < 1.29 is 24.2 Å². The lowest BCUT2D eigenvalue weighted by Gasteiger charge is -2.17. The zero-order valence-corrected chi connectivity index (χ0v) is 13.1. The van der Waals surface area contributed by atoms with Crippen LogP contribution in [0.1, 0.15) is 18.9 Å². The zero-order chi connectivity index (χ0) is 16.5. The maximum atomic E-state index is 11.8. The lowest BCUT2D eigenvalue weighted by Crippen LogP contribution is -2.37. The van der Waals surface area contributed by atoms with Gasteiger partial charge in [-0.1, -0.05) is 6.07 Å². The first kappa shape index (κ1) is 17.6. The van der Waals surface area contributed by atoms with Crippen LogP contribution in [0.25, 0.3) is 0 Å². The van der Waals surface area contributed by atoms with Gasteiger partial charge >= 0.3 is 12.0 Å². The maximum absolute atomic E-state index is 11.8. The molecule has 0 atom stereocenters. The molecule has 0 aliphatic rings. The van der Waals surface area contributed by atoms with Crippen LogP contribution in [0.2, 0.25) is 0 Å². The molecule has 1 rings (SSSR count). The molecule has 0 aliphatic heterocycles. The Hall–Kier alpha value is -2.44. The van der Waals surface area contributed by atoms with Gasteiger partial charge in [-0.25, -0.2) is 4.79 Å². The van der Waals surface area contributed by atoms with Crippen molar-refractivity contribution in [3.8, 4) is 11.5 Å². The number of amides is 2. The first-order chi connectivity index (χ1) is 10.5. The summed E-state index contributed by atoms with van der Waals surface area (Å²) in [6.45, 7) is 2.88. The van der Waals surface area contributed by atoms with E-state index in [9.17, 15) is 9.59 Å². The number of rotatable bonds is 8. The molecule has 0 aromatic heterocycles. The molecule has 1 aromatic rings. The van der Waals surface area contributed by atoms with E-state index >= 15 is 0 Å². The minimum Gasteiger partial charge on any atom is -0.493 e. The third kappa shape index (κ3) is 5.51. The lowest BCUT2D eigenvalue weighted by molar-refractivity contribution is -0.137. The van der Waals surface area contributed by atoms with Crippen molar-refractivity contribution in [1.82, 2.24) is 10.2 Å². The van der Waals surface area contributed by atoms with Crippen LogP contribution < -0.4 is 14.8 Å². The molecule has 1 aromatic carbocycles. The molecule has 0 heterocycles. The van der Waals surface area contributed by atoms with Crippen molar-refractivity contribution in [2.24, 2.45) is 0 Å². The van der Waals surface area contributed by atoms with E-state index in [-0.39, 0.29) is 19.0 Å². The van der Waals surface area contributed by atoms with Crippen LogP contribution in [0.5, 0.6) is 11.5 Å². The summed E-state index contributed by atoms with van der Waals surface area (Å²) in [7, 11) is 3.12. The zero-order valence-electron chi connectivity index (χ0n) is 13.1. The van der Waals surface area contributed by atoms with Gasteiger partial charge in [0.2, 0.25) is 0 Å². The first-order valence-electron chi connectivity index (χ1n) is 6.98. The van der Waals surface area contributed by atoms with Crippen LogP contribution in [0, 0.1) is 0 Å². The van der Waals surface area contributed by atoms with Crippen molar-refractivity contribution in [2.45, 2.75) is 19.9 Å². The Morgan fingerprint density at radius 1 is 1.32 bits per heavy atom. The molecular formula is C15H22N2O5. The summed E-state index contributed by atoms with van der Waals surface area (Å²) in [5.74, 6) is 0.322. The van der Waals surface area contributed by atoms with Crippen LogP contribution in [0.15, 0.2) is 18.2 Å². The highest BCUT2D eigenvalue weighted by Crippen LogP contribution is 2.27. The Balaban J connectivity index is 2.58. The number of carboxylic acids is 1. The average molecular weight is 310 g/mol. The number of carbonyl (C=O) groups excluding carboxylic acids is 1. The van der Waals surface area contributed by atoms with Crippen LogP contribution in [-0.2, 0) is 11.3 Å². The highest BCUT2D eigenvalue weighted by atomic mass is 16.5. The summed E-state index contributed by atoms with van der Waals surface area (Å²) < 4.78 is 10.7. The van der Waals surface area contributed by atoms with Gasteiger partial charge in [0.25, 0.3) is 0 Å². The highest BCUT2D eigenvalue weighted by Gasteiger charge is 2.11. The molecule has 0 saturated carbocycles. The number of methoxy groups -OCH3 is 1. The molecule has 122 valence electrons. The molecule has 0 fully saturated rings. The molecule has 2 amide bonds. The van der Waals surface area contributed by atoms with Gasteiger partial charge < -0.3 is 24.8 Å². The van der Waals surface area contributed by atoms with Gasteiger partial charge in [-0.15, -0.1) is 0 Å². The molecule has 0 bridgehead atoms. The molecule has 7 heteroatoms. The number of urea groups is 1. The summed E-state index contributed by atoms with van der Waals surface area (Å²) in [6.07, 6.45) is -0.0824. The molecule has 0 spiro atoms. The molecule has 2 N–H and O–H groups in total. The van der Waals surface area contributed by atoms with Gasteiger partial charge in [-0.05, 0) is 24.6 Å². The number of nitrogens with one attached hydrogen (secondary N) is 1. The fourth-order valence-corrected chi connectivity index (χ4v) is 1.78. The van der Waals surface area contributed by atoms with Gasteiger partial charge in [0.05, 0.1) is 20.1 Å². The average Bonchev–Trinajstić information content (AvgIpc) is 2.50. The normalized spacial score (nSPS) is 9.95. The lowest BCUT2D eigenvalue weighted by atomic mass is 10.2. The molecular weight excluding hydrogens is 288 g/mol. The number of ether oxygens (including phenoxy) is 2. The van der Waals surface area contributed by atoms with Gasteiger partial charge in [-0.3, -0.25) is 4.79 Å². The van der Waals surface area contributed by atoms with Crippen LogP contribution >= 0.6 is 0 Å². The highest BCUT2D eigenvalue weighted by molar-refractivity contribution is 5.75. The monoisotopic (exact) mass is 310 g/mol. The Morgan fingerprint density at radius 3 is 2.64 bits per heavy atom. The molecule has 0 saturated heterocycles. The fourth-order valence-electron chi connectivity index (χ4n) is 1.78. The van der Waals surface area contributed by atoms with E-state index in [1.165, 1.54) is 4.90 Å². The summed E-state index contributed by atoms with van der Waals surface area (Å²) >= 11 is 0. The molecule has 0 unspecified atom stereocenters. The van der Waals surface area contributed by atoms with Crippen LogP contribution in [-0.4, -0.2) is 49.3 Å². The van der Waals surface area contributed by atoms with E-state index in [4.69, 9.17) is 14.6 Å². The Labute approximate surface area is 129 Å². The Kier molecular flexibility index (Phi) is 7.01. The number of hydrogen-bond acceptors (Lipinski definition) is 4. The van der Waals surface area contributed by atoms with Crippen molar-refractivity contribution in [2.75, 3.05) is 27.3 Å². The predicted octanol–water partition coefficient (Wildman–Crippen LogP) is 1.71. The molecule has 0 radical (unpaired) electrons. The Bertz CT molecular complexity index is 519. The van der Waals surface area contributed by atoms with E-state index < -0.39 is 5.97 Å². The predicted molar refractivity (Wildman–Crippen MR) is 81.3 cm³/mol. The van der Waals surface area contributed by atoms with Crippen molar-refractivity contribution in [3.63, 3.8) is 0 Å². The Morgan fingerprint density at radius 2 is 2.05 bits per heavy atom. The largest absolute Gasteiger partial charge is 0.493 e. The van der Waals surface area contributed by atoms with E-state index in [0.717, 1.165) is 5.56 Å². The van der Waals surface area contributed by atoms with Crippen LogP contribution in [0.3, 0.4) is 0 Å². The number of carbonyl (C=O) groups is 2. The topological polar surface area (TPSA) is 88.1 Å². The summed E-state index contributed by atoms with van der Waals surface area (Å²) in [4.78, 5) is 23.6. The quantitative estimate of drug-likeness (QED) is 0.763. The number of aliphatic carboxylic acids is 1. The number of carboxylic acid groups (broad SMARTS) is 1. The van der Waals surface area contributed by atoms with Crippen molar-refractivity contribution in [3.05, 3.63) is 23.8 Å². The van der Waals surface area contributed by atoms with Gasteiger partial charge in [-0.2, -0.15) is 0 Å². The molecule has 0 aliphatic carbocycles. The van der Waals surface area contributed by atoms with Gasteiger partial charge in [0.1, 0.15) is 0 Å². The minimum absolute atomic E-state index is 0.0824. The summed E-state index contributed by atoms with van der Waals surface area (Å²) in [6, 6.07) is 5.09. The second kappa shape index (κ2) is 8.76. The molecule has 22 heavy (non-hydrogen) atoms. The number of hydrogen-bond donors (Lipinski definition) is 2. The third-order valence-corrected chi connectivity index (χ3v) is 2.98. The number of benzene rings is 1.